The molecular weight excluding hydrogens is 550 g/mol. The van der Waals surface area contributed by atoms with Crippen molar-refractivity contribution in [3.8, 4) is 5.75 Å². The molecule has 2 N–H and O–H groups in total. The van der Waals surface area contributed by atoms with E-state index in [1.54, 1.807) is 19.2 Å². The lowest BCUT2D eigenvalue weighted by Gasteiger charge is -2.25. The Hall–Kier alpha value is -3.44. The maximum atomic E-state index is 13.6. The Morgan fingerprint density at radius 3 is 2.31 bits per heavy atom. The van der Waals surface area contributed by atoms with Crippen LogP contribution in [-0.4, -0.2) is 48.4 Å². The number of hydrogen-bond donors (Lipinski definition) is 2. The molecule has 0 saturated carbocycles. The Balaban J connectivity index is 1.81. The normalized spacial score (nSPS) is 12.6. The van der Waals surface area contributed by atoms with Crippen LogP contribution in [0.4, 0.5) is 32.0 Å². The number of aliphatic hydroxyl groups is 1. The van der Waals surface area contributed by atoms with Crippen LogP contribution in [0.3, 0.4) is 0 Å². The molecule has 0 spiro atoms. The van der Waals surface area contributed by atoms with Gasteiger partial charge in [0, 0.05) is 30.8 Å². The van der Waals surface area contributed by atoms with Gasteiger partial charge < -0.3 is 20.1 Å². The van der Waals surface area contributed by atoms with Crippen molar-refractivity contribution in [2.75, 3.05) is 25.5 Å². The van der Waals surface area contributed by atoms with Crippen LogP contribution in [0, 0.1) is 0 Å². The number of rotatable bonds is 10. The van der Waals surface area contributed by atoms with Gasteiger partial charge in [-0.05, 0) is 53.9 Å². The first-order valence-corrected chi connectivity index (χ1v) is 12.0. The van der Waals surface area contributed by atoms with E-state index in [-0.39, 0.29) is 30.8 Å². The average molecular weight is 575 g/mol. The van der Waals surface area contributed by atoms with Crippen LogP contribution in [-0.2, 0) is 19.1 Å². The Bertz CT molecular complexity index is 1270. The summed E-state index contributed by atoms with van der Waals surface area (Å²) in [6, 6.07) is 15.4. The average Bonchev–Trinajstić information content (AvgIpc) is 2.89. The van der Waals surface area contributed by atoms with E-state index in [9.17, 15) is 31.1 Å². The molecule has 0 fully saturated rings. The van der Waals surface area contributed by atoms with Gasteiger partial charge in [-0.2, -0.15) is 26.3 Å². The topological polar surface area (TPSA) is 61.8 Å². The molecule has 3 aromatic rings. The summed E-state index contributed by atoms with van der Waals surface area (Å²) in [5.74, 6) is -0.348. The highest BCUT2D eigenvalue weighted by Crippen LogP contribution is 2.30. The van der Waals surface area contributed by atoms with Gasteiger partial charge in [0.1, 0.15) is 12.4 Å². The van der Waals surface area contributed by atoms with Gasteiger partial charge in [0.15, 0.2) is 6.10 Å². The number of carbonyl (C=O) groups is 1. The summed E-state index contributed by atoms with van der Waals surface area (Å²) in [6.07, 6.45) is -11.8. The predicted molar refractivity (Wildman–Crippen MR) is 135 cm³/mol. The van der Waals surface area contributed by atoms with Gasteiger partial charge in [0.2, 0.25) is 0 Å². The molecule has 1 unspecified atom stereocenters. The predicted octanol–water partition coefficient (Wildman–Crippen LogP) is 6.59. The quantitative estimate of drug-likeness (QED) is 0.268. The molecule has 5 nitrogen and oxygen atoms in total. The van der Waals surface area contributed by atoms with E-state index in [1.165, 1.54) is 47.4 Å². The minimum atomic E-state index is -4.81. The van der Waals surface area contributed by atoms with Gasteiger partial charge in [0.25, 0.3) is 5.91 Å². The maximum absolute atomic E-state index is 13.6. The van der Waals surface area contributed by atoms with E-state index in [0.717, 1.165) is 12.1 Å². The van der Waals surface area contributed by atoms with Gasteiger partial charge in [0.05, 0.1) is 11.1 Å². The molecule has 0 aromatic heterocycles. The molecule has 0 radical (unpaired) electrons. The number of benzene rings is 3. The van der Waals surface area contributed by atoms with Crippen LogP contribution in [0.2, 0.25) is 5.02 Å². The molecule has 0 bridgehead atoms. The number of amides is 1. The van der Waals surface area contributed by atoms with Crippen molar-refractivity contribution in [1.82, 2.24) is 4.90 Å². The number of aliphatic hydroxyl groups excluding tert-OH is 1. The molecule has 0 saturated heterocycles. The van der Waals surface area contributed by atoms with Crippen molar-refractivity contribution < 1.29 is 41.0 Å². The van der Waals surface area contributed by atoms with Crippen LogP contribution in [0.15, 0.2) is 66.7 Å². The van der Waals surface area contributed by atoms with Crippen LogP contribution in [0.25, 0.3) is 0 Å². The van der Waals surface area contributed by atoms with Crippen LogP contribution >= 0.6 is 11.6 Å². The molecule has 12 heteroatoms. The van der Waals surface area contributed by atoms with Gasteiger partial charge in [-0.3, -0.25) is 4.79 Å². The van der Waals surface area contributed by atoms with Crippen molar-refractivity contribution >= 4 is 23.2 Å². The molecule has 210 valence electrons. The third-order valence-corrected chi connectivity index (χ3v) is 6.01. The summed E-state index contributed by atoms with van der Waals surface area (Å²) in [7, 11) is 1.63. The number of carbonyl (C=O) groups excluding carboxylic acids is 1. The number of hydrogen-bond acceptors (Lipinski definition) is 4. The minimum Gasteiger partial charge on any atom is -0.491 e. The van der Waals surface area contributed by atoms with Gasteiger partial charge in [-0.25, -0.2) is 0 Å². The fourth-order valence-corrected chi connectivity index (χ4v) is 3.85. The van der Waals surface area contributed by atoms with Crippen molar-refractivity contribution in [3.63, 3.8) is 0 Å². The van der Waals surface area contributed by atoms with E-state index >= 15 is 0 Å². The van der Waals surface area contributed by atoms with E-state index < -0.39 is 36.5 Å². The number of ether oxygens (including phenoxy) is 1. The fourth-order valence-electron chi connectivity index (χ4n) is 3.68. The summed E-state index contributed by atoms with van der Waals surface area (Å²) in [5.41, 5.74) is 0.936. The molecule has 39 heavy (non-hydrogen) atoms. The maximum Gasteiger partial charge on any atom is 0.417 e. The van der Waals surface area contributed by atoms with E-state index in [2.05, 4.69) is 5.32 Å². The van der Waals surface area contributed by atoms with Crippen molar-refractivity contribution in [2.45, 2.75) is 31.4 Å². The fraction of sp³-hybridized carbons (Fsp3) is 0.296. The molecule has 3 rings (SSSR count). The molecule has 1 amide bonds. The third kappa shape index (κ3) is 8.52. The van der Waals surface area contributed by atoms with Crippen LogP contribution in [0.1, 0.15) is 27.0 Å². The molecule has 0 heterocycles. The zero-order chi connectivity index (χ0) is 28.8. The lowest BCUT2D eigenvalue weighted by Crippen LogP contribution is -2.34. The summed E-state index contributed by atoms with van der Waals surface area (Å²) in [4.78, 5) is 15.0. The molecule has 1 atom stereocenters. The summed E-state index contributed by atoms with van der Waals surface area (Å²) >= 11 is 6.11. The Labute approximate surface area is 226 Å². The van der Waals surface area contributed by atoms with Gasteiger partial charge >= 0.3 is 12.4 Å². The van der Waals surface area contributed by atoms with Crippen molar-refractivity contribution in [3.05, 3.63) is 94.0 Å². The second-order valence-electron chi connectivity index (χ2n) is 8.63. The second kappa shape index (κ2) is 12.6. The molecule has 3 aromatic carbocycles. The van der Waals surface area contributed by atoms with Crippen molar-refractivity contribution in [1.29, 1.82) is 0 Å². The highest BCUT2D eigenvalue weighted by atomic mass is 35.5. The van der Waals surface area contributed by atoms with Crippen LogP contribution in [0.5, 0.6) is 5.75 Å². The second-order valence-corrected chi connectivity index (χ2v) is 9.06. The lowest BCUT2D eigenvalue weighted by atomic mass is 10.1. The van der Waals surface area contributed by atoms with Gasteiger partial charge in [-0.15, -0.1) is 0 Å². The summed E-state index contributed by atoms with van der Waals surface area (Å²) in [6.45, 7) is -0.878. The van der Waals surface area contributed by atoms with Gasteiger partial charge in [-0.1, -0.05) is 41.9 Å². The third-order valence-electron chi connectivity index (χ3n) is 5.78. The van der Waals surface area contributed by atoms with Crippen molar-refractivity contribution in [2.24, 2.45) is 0 Å². The highest BCUT2D eigenvalue weighted by molar-refractivity contribution is 6.31. The Morgan fingerprint density at radius 1 is 1.00 bits per heavy atom. The first-order chi connectivity index (χ1) is 18.3. The monoisotopic (exact) mass is 574 g/mol. The van der Waals surface area contributed by atoms with E-state index in [1.807, 2.05) is 0 Å². The molecule has 0 aliphatic rings. The van der Waals surface area contributed by atoms with E-state index in [0.29, 0.717) is 21.8 Å². The summed E-state index contributed by atoms with van der Waals surface area (Å²) in [5, 5.41) is 12.3. The lowest BCUT2D eigenvalue weighted by molar-refractivity contribution is -0.210. The summed E-state index contributed by atoms with van der Waals surface area (Å²) < 4.78 is 81.9. The van der Waals surface area contributed by atoms with E-state index in [4.69, 9.17) is 21.4 Å². The number of nitrogens with one attached hydrogen (secondary N) is 1. The molecule has 0 aliphatic heterocycles. The number of nitrogens with zero attached hydrogens (tertiary/aromatic N) is 1. The van der Waals surface area contributed by atoms with Crippen LogP contribution < -0.4 is 10.1 Å². The Morgan fingerprint density at radius 2 is 1.69 bits per heavy atom. The first-order valence-electron chi connectivity index (χ1n) is 11.7. The minimum absolute atomic E-state index is 0.0406. The molecule has 0 aliphatic carbocycles. The smallest absolute Gasteiger partial charge is 0.417 e. The largest absolute Gasteiger partial charge is 0.491 e. The SMILES string of the molecule is CNc1ccc(Cl)cc1C(=O)N(CCc1cccc(C(F)(F)F)c1)Cc1ccc(OCC(O)C(F)(F)F)cc1. The highest BCUT2D eigenvalue weighted by Gasteiger charge is 2.38. The first kappa shape index (κ1) is 30.1. The number of anilines is 1. The number of alkyl halides is 6. The zero-order valence-corrected chi connectivity index (χ0v) is 21.4. The standard InChI is InChI=1S/C27H25ClF6N2O3/c1-35-23-10-7-20(28)14-22(23)25(38)36(12-11-17-3-2-4-19(13-17)26(29,30)31)15-18-5-8-21(9-6-18)39-16-24(37)27(32,33)34/h2-10,13-14,24,35,37H,11-12,15-16H2,1H3. The molecular formula is C27H25ClF6N2O3. The number of halogens is 7. The Kier molecular flexibility index (Phi) is 9.73. The zero-order valence-electron chi connectivity index (χ0n) is 20.6.